The number of hydrogen-bond donors (Lipinski definition) is 1. The molecular weight excluding hydrogens is 414 g/mol. The van der Waals surface area contributed by atoms with Crippen molar-refractivity contribution in [1.82, 2.24) is 30.2 Å². The Kier molecular flexibility index (Phi) is 7.23. The van der Waals surface area contributed by atoms with Gasteiger partial charge in [0.25, 0.3) is 0 Å². The van der Waals surface area contributed by atoms with Crippen LogP contribution in [0.5, 0.6) is 0 Å². The summed E-state index contributed by atoms with van der Waals surface area (Å²) in [6.45, 7) is 13.4. The Balaban J connectivity index is 1.55. The van der Waals surface area contributed by atoms with Crippen molar-refractivity contribution in [3.63, 3.8) is 0 Å². The van der Waals surface area contributed by atoms with E-state index in [1.165, 1.54) is 0 Å². The van der Waals surface area contributed by atoms with Gasteiger partial charge in [-0.25, -0.2) is 4.68 Å². The number of para-hydroxylation sites is 1. The van der Waals surface area contributed by atoms with Gasteiger partial charge in [-0.3, -0.25) is 4.79 Å². The number of nitrogens with one attached hydrogen (secondary N) is 1. The predicted octanol–water partition coefficient (Wildman–Crippen LogP) is 3.11. The van der Waals surface area contributed by atoms with Crippen LogP contribution >= 0.6 is 0 Å². The number of aryl methyl sites for hydroxylation is 2. The van der Waals surface area contributed by atoms with E-state index in [2.05, 4.69) is 46.1 Å². The Hall–Kier alpha value is -3.00. The van der Waals surface area contributed by atoms with Gasteiger partial charge in [0, 0.05) is 26.2 Å². The highest BCUT2D eigenvalue weighted by molar-refractivity contribution is 5.92. The highest BCUT2D eigenvalue weighted by Crippen LogP contribution is 2.31. The highest BCUT2D eigenvalue weighted by Gasteiger charge is 2.29. The average Bonchev–Trinajstić information content (AvgIpc) is 3.20. The van der Waals surface area contributed by atoms with Crippen molar-refractivity contribution < 1.29 is 4.79 Å². The molecule has 176 valence electrons. The van der Waals surface area contributed by atoms with Crippen molar-refractivity contribution in [3.05, 3.63) is 41.7 Å². The van der Waals surface area contributed by atoms with E-state index in [1.54, 1.807) is 0 Å². The van der Waals surface area contributed by atoms with Gasteiger partial charge in [0.1, 0.15) is 5.52 Å². The van der Waals surface area contributed by atoms with Crippen molar-refractivity contribution in [3.8, 4) is 5.69 Å². The lowest BCUT2D eigenvalue weighted by Gasteiger charge is -2.32. The molecule has 3 aromatic rings. The maximum atomic E-state index is 12.9. The highest BCUT2D eigenvalue weighted by atomic mass is 16.1. The molecule has 1 atom stereocenters. The number of aromatic nitrogens is 4. The fourth-order valence-electron chi connectivity index (χ4n) is 4.75. The summed E-state index contributed by atoms with van der Waals surface area (Å²) in [6.07, 6.45) is 1.84. The van der Waals surface area contributed by atoms with E-state index >= 15 is 0 Å². The van der Waals surface area contributed by atoms with E-state index in [0.29, 0.717) is 13.1 Å². The maximum Gasteiger partial charge on any atom is 0.224 e. The first-order valence-electron chi connectivity index (χ1n) is 12.1. The van der Waals surface area contributed by atoms with Crippen LogP contribution in [0.15, 0.2) is 30.3 Å². The number of anilines is 1. The SMILES string of the molecule is CCN(CC)CCNC(=O)C1CCCN(c2nnc(C)c3c(C)n(-c4ccccc4)nc23)C1. The average molecular weight is 450 g/mol. The van der Waals surface area contributed by atoms with E-state index in [-0.39, 0.29) is 11.8 Å². The monoisotopic (exact) mass is 449 g/mol. The second-order valence-electron chi connectivity index (χ2n) is 8.77. The normalized spacial score (nSPS) is 16.5. The Labute approximate surface area is 196 Å². The molecule has 2 aromatic heterocycles. The molecule has 1 unspecified atom stereocenters. The summed E-state index contributed by atoms with van der Waals surface area (Å²) in [4.78, 5) is 17.4. The zero-order valence-corrected chi connectivity index (χ0v) is 20.2. The Morgan fingerprint density at radius 1 is 1.15 bits per heavy atom. The summed E-state index contributed by atoms with van der Waals surface area (Å²) in [6, 6.07) is 10.1. The molecule has 0 saturated carbocycles. The lowest BCUT2D eigenvalue weighted by atomic mass is 9.97. The molecule has 1 aliphatic heterocycles. The van der Waals surface area contributed by atoms with E-state index in [1.807, 2.05) is 41.9 Å². The number of carbonyl (C=O) groups is 1. The van der Waals surface area contributed by atoms with Crippen LogP contribution in [0, 0.1) is 19.8 Å². The van der Waals surface area contributed by atoms with Crippen molar-refractivity contribution in [2.24, 2.45) is 5.92 Å². The minimum Gasteiger partial charge on any atom is -0.355 e. The topological polar surface area (TPSA) is 79.2 Å². The van der Waals surface area contributed by atoms with Gasteiger partial charge < -0.3 is 15.1 Å². The molecule has 33 heavy (non-hydrogen) atoms. The number of likely N-dealkylation sites (N-methyl/N-ethyl adjacent to an activating group) is 1. The van der Waals surface area contributed by atoms with E-state index < -0.39 is 0 Å². The molecule has 1 aromatic carbocycles. The minimum atomic E-state index is -0.0501. The molecule has 3 heterocycles. The molecular formula is C25H35N7O. The summed E-state index contributed by atoms with van der Waals surface area (Å²) < 4.78 is 1.96. The standard InChI is InChI=1S/C25H35N7O/c1-5-30(6-2)16-14-26-25(33)20-11-10-15-31(17-20)24-23-22(18(3)27-28-24)19(4)32(29-23)21-12-8-7-9-13-21/h7-9,12-13,20H,5-6,10-11,14-17H2,1-4H3,(H,26,33). The van der Waals surface area contributed by atoms with Crippen LogP contribution < -0.4 is 10.2 Å². The molecule has 0 spiro atoms. The van der Waals surface area contributed by atoms with Gasteiger partial charge in [-0.05, 0) is 51.9 Å². The van der Waals surface area contributed by atoms with Gasteiger partial charge in [0.05, 0.1) is 28.4 Å². The molecule has 4 rings (SSSR count). The first-order valence-corrected chi connectivity index (χ1v) is 12.1. The third-order valence-electron chi connectivity index (χ3n) is 6.70. The molecule has 1 N–H and O–H groups in total. The first-order chi connectivity index (χ1) is 16.0. The Morgan fingerprint density at radius 3 is 2.64 bits per heavy atom. The smallest absolute Gasteiger partial charge is 0.224 e. The lowest BCUT2D eigenvalue weighted by molar-refractivity contribution is -0.125. The quantitative estimate of drug-likeness (QED) is 0.569. The largest absolute Gasteiger partial charge is 0.355 e. The van der Waals surface area contributed by atoms with Crippen LogP contribution in [0.25, 0.3) is 16.6 Å². The number of carbonyl (C=O) groups excluding carboxylic acids is 1. The minimum absolute atomic E-state index is 0.0501. The number of fused-ring (bicyclic) bond motifs is 1. The first kappa shape index (κ1) is 23.2. The molecule has 8 heteroatoms. The predicted molar refractivity (Wildman–Crippen MR) is 132 cm³/mol. The molecule has 0 aliphatic carbocycles. The number of hydrogen-bond acceptors (Lipinski definition) is 6. The number of nitrogens with zero attached hydrogens (tertiary/aromatic N) is 6. The fraction of sp³-hybridized carbons (Fsp3) is 0.520. The van der Waals surface area contributed by atoms with E-state index in [9.17, 15) is 4.79 Å². The van der Waals surface area contributed by atoms with Crippen molar-refractivity contribution in [2.45, 2.75) is 40.5 Å². The van der Waals surface area contributed by atoms with Gasteiger partial charge in [-0.15, -0.1) is 5.10 Å². The third-order valence-corrected chi connectivity index (χ3v) is 6.70. The van der Waals surface area contributed by atoms with Gasteiger partial charge >= 0.3 is 0 Å². The van der Waals surface area contributed by atoms with Gasteiger partial charge in [-0.2, -0.15) is 10.2 Å². The van der Waals surface area contributed by atoms with Gasteiger partial charge in [0.2, 0.25) is 5.91 Å². The van der Waals surface area contributed by atoms with Crippen molar-refractivity contribution >= 4 is 22.6 Å². The van der Waals surface area contributed by atoms with Crippen LogP contribution in [0.2, 0.25) is 0 Å². The fourth-order valence-corrected chi connectivity index (χ4v) is 4.75. The van der Waals surface area contributed by atoms with Gasteiger partial charge in [0.15, 0.2) is 5.82 Å². The second kappa shape index (κ2) is 10.3. The molecule has 1 amide bonds. The number of piperidine rings is 1. The molecule has 1 saturated heterocycles. The molecule has 0 radical (unpaired) electrons. The van der Waals surface area contributed by atoms with Crippen molar-refractivity contribution in [2.75, 3.05) is 44.2 Å². The number of rotatable bonds is 8. The van der Waals surface area contributed by atoms with Crippen molar-refractivity contribution in [1.29, 1.82) is 0 Å². The van der Waals surface area contributed by atoms with Crippen LogP contribution in [-0.4, -0.2) is 70.1 Å². The summed E-state index contributed by atoms with van der Waals surface area (Å²) in [5.74, 6) is 0.856. The molecule has 8 nitrogen and oxygen atoms in total. The Bertz CT molecular complexity index is 1090. The Morgan fingerprint density at radius 2 is 1.91 bits per heavy atom. The summed E-state index contributed by atoms with van der Waals surface area (Å²) in [7, 11) is 0. The number of amides is 1. The summed E-state index contributed by atoms with van der Waals surface area (Å²) in [5.41, 5.74) is 3.79. The number of benzene rings is 1. The van der Waals surface area contributed by atoms with Crippen LogP contribution in [0.3, 0.4) is 0 Å². The molecule has 1 fully saturated rings. The molecule has 0 bridgehead atoms. The second-order valence-corrected chi connectivity index (χ2v) is 8.77. The lowest BCUT2D eigenvalue weighted by Crippen LogP contribution is -2.45. The van der Waals surface area contributed by atoms with Crippen LogP contribution in [0.4, 0.5) is 5.82 Å². The zero-order chi connectivity index (χ0) is 23.4. The van der Waals surface area contributed by atoms with Crippen LogP contribution in [-0.2, 0) is 4.79 Å². The summed E-state index contributed by atoms with van der Waals surface area (Å²) in [5, 5.41) is 18.1. The van der Waals surface area contributed by atoms with Crippen LogP contribution in [0.1, 0.15) is 38.1 Å². The third kappa shape index (κ3) is 4.85. The maximum absolute atomic E-state index is 12.9. The molecule has 1 aliphatic rings. The van der Waals surface area contributed by atoms with Gasteiger partial charge in [-0.1, -0.05) is 32.0 Å². The van der Waals surface area contributed by atoms with E-state index in [4.69, 9.17) is 5.10 Å². The zero-order valence-electron chi connectivity index (χ0n) is 20.2. The van der Waals surface area contributed by atoms with E-state index in [0.717, 1.165) is 72.8 Å². The summed E-state index contributed by atoms with van der Waals surface area (Å²) >= 11 is 0.